The summed E-state index contributed by atoms with van der Waals surface area (Å²) in [6, 6.07) is 16.1. The highest BCUT2D eigenvalue weighted by Crippen LogP contribution is 2.26. The third kappa shape index (κ3) is 5.20. The Hall–Kier alpha value is -2.57. The molecule has 1 amide bonds. The summed E-state index contributed by atoms with van der Waals surface area (Å²) in [7, 11) is 3.57. The molecule has 6 heteroatoms. The summed E-state index contributed by atoms with van der Waals surface area (Å²) in [6.07, 6.45) is 2.94. The zero-order chi connectivity index (χ0) is 21.6. The van der Waals surface area contributed by atoms with Crippen LogP contribution < -0.4 is 9.47 Å². The zero-order valence-electron chi connectivity index (χ0n) is 18.5. The van der Waals surface area contributed by atoms with E-state index in [9.17, 15) is 4.79 Å². The minimum absolute atomic E-state index is 0.00167. The minimum atomic E-state index is -0.0215. The number of methoxy groups -OCH3 is 1. The smallest absolute Gasteiger partial charge is 0.260 e. The maximum Gasteiger partial charge on any atom is 0.260 e. The van der Waals surface area contributed by atoms with Crippen LogP contribution in [0.2, 0.25) is 0 Å². The number of amides is 1. The molecule has 0 spiro atoms. The van der Waals surface area contributed by atoms with Gasteiger partial charge in [0, 0.05) is 38.9 Å². The maximum atomic E-state index is 12.9. The van der Waals surface area contributed by atoms with Crippen LogP contribution in [-0.4, -0.2) is 68.3 Å². The summed E-state index contributed by atoms with van der Waals surface area (Å²) in [4.78, 5) is 17.1. The predicted molar refractivity (Wildman–Crippen MR) is 119 cm³/mol. The lowest BCUT2D eigenvalue weighted by Gasteiger charge is -2.29. The summed E-state index contributed by atoms with van der Waals surface area (Å²) in [5.41, 5.74) is 2.30. The van der Waals surface area contributed by atoms with Crippen molar-refractivity contribution in [2.75, 3.05) is 40.5 Å². The van der Waals surface area contributed by atoms with Crippen LogP contribution in [0.1, 0.15) is 24.0 Å². The van der Waals surface area contributed by atoms with Gasteiger partial charge >= 0.3 is 0 Å². The van der Waals surface area contributed by atoms with Gasteiger partial charge in [0.05, 0.1) is 19.3 Å². The Labute approximate surface area is 184 Å². The number of likely N-dealkylation sites (tertiary alicyclic amines) is 1. The van der Waals surface area contributed by atoms with Gasteiger partial charge in [-0.2, -0.15) is 0 Å². The van der Waals surface area contributed by atoms with Gasteiger partial charge < -0.3 is 19.1 Å². The van der Waals surface area contributed by atoms with Crippen LogP contribution in [0, 0.1) is 0 Å². The second kappa shape index (κ2) is 10.2. The monoisotopic (exact) mass is 424 g/mol. The predicted octanol–water partition coefficient (Wildman–Crippen LogP) is 3.14. The van der Waals surface area contributed by atoms with E-state index in [2.05, 4.69) is 17.0 Å². The van der Waals surface area contributed by atoms with Crippen LogP contribution in [-0.2, 0) is 22.5 Å². The lowest BCUT2D eigenvalue weighted by atomic mass is 10.1. The fourth-order valence-corrected chi connectivity index (χ4v) is 4.50. The van der Waals surface area contributed by atoms with Crippen LogP contribution in [0.3, 0.4) is 0 Å². The number of carbonyl (C=O) groups excluding carboxylic acids is 1. The summed E-state index contributed by atoms with van der Waals surface area (Å²) >= 11 is 0. The number of likely N-dealkylation sites (N-methyl/N-ethyl adjacent to an activating group) is 1. The van der Waals surface area contributed by atoms with Crippen molar-refractivity contribution in [1.29, 1.82) is 0 Å². The molecule has 2 aliphatic rings. The van der Waals surface area contributed by atoms with Crippen molar-refractivity contribution in [2.24, 2.45) is 0 Å². The maximum absolute atomic E-state index is 12.9. The third-order valence-electron chi connectivity index (χ3n) is 6.29. The molecule has 2 aromatic rings. The lowest BCUT2D eigenvalue weighted by molar-refractivity contribution is -0.136. The van der Waals surface area contributed by atoms with Crippen LogP contribution in [0.5, 0.6) is 11.5 Å². The number of hydrogen-bond donors (Lipinski definition) is 0. The number of carbonyl (C=O) groups is 1. The molecular formula is C25H32N2O4. The van der Waals surface area contributed by atoms with Gasteiger partial charge in [-0.1, -0.05) is 36.4 Å². The second-order valence-corrected chi connectivity index (χ2v) is 8.34. The second-order valence-electron chi connectivity index (χ2n) is 8.34. The molecule has 4 rings (SSSR count). The van der Waals surface area contributed by atoms with E-state index in [4.69, 9.17) is 14.2 Å². The van der Waals surface area contributed by atoms with Gasteiger partial charge in [0.15, 0.2) is 6.61 Å². The van der Waals surface area contributed by atoms with Crippen LogP contribution in [0.15, 0.2) is 48.5 Å². The molecule has 6 nitrogen and oxygen atoms in total. The van der Waals surface area contributed by atoms with E-state index in [1.165, 1.54) is 0 Å². The molecule has 0 bridgehead atoms. The summed E-state index contributed by atoms with van der Waals surface area (Å²) < 4.78 is 17.7. The Morgan fingerprint density at radius 2 is 1.87 bits per heavy atom. The Balaban J connectivity index is 1.47. The van der Waals surface area contributed by atoms with Crippen molar-refractivity contribution in [1.82, 2.24) is 9.80 Å². The van der Waals surface area contributed by atoms with Crippen molar-refractivity contribution >= 4 is 5.91 Å². The topological polar surface area (TPSA) is 51.2 Å². The molecule has 2 aromatic carbocycles. The summed E-state index contributed by atoms with van der Waals surface area (Å²) in [5.74, 6) is 1.68. The average Bonchev–Trinajstić information content (AvgIpc) is 3.19. The molecule has 0 N–H and O–H groups in total. The molecule has 1 saturated heterocycles. The fourth-order valence-electron chi connectivity index (χ4n) is 4.50. The van der Waals surface area contributed by atoms with Crippen LogP contribution >= 0.6 is 0 Å². The lowest BCUT2D eigenvalue weighted by Crippen LogP contribution is -2.47. The quantitative estimate of drug-likeness (QED) is 0.758. The molecule has 2 heterocycles. The van der Waals surface area contributed by atoms with Crippen molar-refractivity contribution in [3.63, 3.8) is 0 Å². The Morgan fingerprint density at radius 3 is 2.74 bits per heavy atom. The first-order valence-electron chi connectivity index (χ1n) is 11.1. The number of ether oxygens (including phenoxy) is 3. The van der Waals surface area contributed by atoms with E-state index in [1.54, 1.807) is 7.11 Å². The number of aryl methyl sites for hydroxylation is 1. The highest BCUT2D eigenvalue weighted by Gasteiger charge is 2.38. The molecule has 1 fully saturated rings. The highest BCUT2D eigenvalue weighted by atomic mass is 16.5. The number of benzene rings is 2. The van der Waals surface area contributed by atoms with Crippen molar-refractivity contribution in [3.05, 3.63) is 59.7 Å². The van der Waals surface area contributed by atoms with E-state index < -0.39 is 0 Å². The van der Waals surface area contributed by atoms with E-state index in [1.807, 2.05) is 48.3 Å². The highest BCUT2D eigenvalue weighted by molar-refractivity contribution is 5.78. The van der Waals surface area contributed by atoms with E-state index in [-0.39, 0.29) is 24.7 Å². The summed E-state index contributed by atoms with van der Waals surface area (Å²) in [5, 5.41) is 0. The molecule has 0 unspecified atom stereocenters. The fraction of sp³-hybridized carbons (Fsp3) is 0.480. The van der Waals surface area contributed by atoms with Gasteiger partial charge in [-0.25, -0.2) is 0 Å². The molecular weight excluding hydrogens is 392 g/mol. The Bertz CT molecular complexity index is 887. The molecule has 166 valence electrons. The largest absolute Gasteiger partial charge is 0.496 e. The first-order valence-corrected chi connectivity index (χ1v) is 11.1. The molecule has 2 aliphatic heterocycles. The molecule has 0 radical (unpaired) electrons. The Kier molecular flexibility index (Phi) is 7.10. The van der Waals surface area contributed by atoms with Crippen molar-refractivity contribution in [2.45, 2.75) is 38.0 Å². The van der Waals surface area contributed by atoms with E-state index in [0.717, 1.165) is 61.5 Å². The number of para-hydroxylation sites is 2. The number of hydrogen-bond acceptors (Lipinski definition) is 5. The summed E-state index contributed by atoms with van der Waals surface area (Å²) in [6.45, 7) is 3.08. The normalized spacial score (nSPS) is 23.0. The van der Waals surface area contributed by atoms with Gasteiger partial charge in [0.2, 0.25) is 0 Å². The first kappa shape index (κ1) is 21.7. The molecule has 2 atom stereocenters. The first-order chi connectivity index (χ1) is 15.2. The number of fused-ring (bicyclic) bond motifs is 2. The third-order valence-corrected chi connectivity index (χ3v) is 6.29. The van der Waals surface area contributed by atoms with Gasteiger partial charge in [-0.05, 0) is 37.0 Å². The van der Waals surface area contributed by atoms with E-state index in [0.29, 0.717) is 6.61 Å². The number of nitrogens with zero attached hydrogens (tertiary/aromatic N) is 2. The van der Waals surface area contributed by atoms with Gasteiger partial charge in [0.25, 0.3) is 5.91 Å². The standard InChI is InChI=1S/C25H32N2O4/c1-26-21-16-27(15-20-11-4-5-12-22(20)29-2)17-24(21)30-14-8-7-10-19-9-3-6-13-23(19)31-18-25(26)28/h3-6,9,11-13,21,24H,7-8,10,14-18H2,1-2H3/t21-,24+/m0/s1. The van der Waals surface area contributed by atoms with Crippen molar-refractivity contribution < 1.29 is 19.0 Å². The van der Waals surface area contributed by atoms with Gasteiger partial charge in [0.1, 0.15) is 11.5 Å². The van der Waals surface area contributed by atoms with Crippen LogP contribution in [0.25, 0.3) is 0 Å². The SMILES string of the molecule is COc1ccccc1CN1C[C@H]2OCCCCc3ccccc3OCC(=O)N(C)[C@H]2C1. The zero-order valence-corrected chi connectivity index (χ0v) is 18.5. The van der Waals surface area contributed by atoms with Crippen molar-refractivity contribution in [3.8, 4) is 11.5 Å². The number of rotatable bonds is 3. The van der Waals surface area contributed by atoms with Gasteiger partial charge in [-0.15, -0.1) is 0 Å². The molecule has 0 aromatic heterocycles. The van der Waals surface area contributed by atoms with Gasteiger partial charge in [-0.3, -0.25) is 9.69 Å². The van der Waals surface area contributed by atoms with E-state index >= 15 is 0 Å². The molecule has 31 heavy (non-hydrogen) atoms. The molecule has 0 saturated carbocycles. The average molecular weight is 425 g/mol. The molecule has 0 aliphatic carbocycles. The minimum Gasteiger partial charge on any atom is -0.496 e. The Morgan fingerprint density at radius 1 is 1.06 bits per heavy atom. The van der Waals surface area contributed by atoms with Crippen LogP contribution in [0.4, 0.5) is 0 Å².